The van der Waals surface area contributed by atoms with E-state index in [0.717, 1.165) is 5.92 Å². The Bertz CT molecular complexity index is 274. The molecule has 1 unspecified atom stereocenters. The average molecular weight is 367 g/mol. The zero-order valence-electron chi connectivity index (χ0n) is 18.6. The third kappa shape index (κ3) is 13.1. The van der Waals surface area contributed by atoms with Gasteiger partial charge in [0.25, 0.3) is 0 Å². The quantitative estimate of drug-likeness (QED) is 0.248. The lowest BCUT2D eigenvalue weighted by Crippen LogP contribution is -2.32. The molecule has 0 aromatic heterocycles. The normalized spacial score (nSPS) is 18.2. The summed E-state index contributed by atoms with van der Waals surface area (Å²) in [6.45, 7) is 11.3. The monoisotopic (exact) mass is 366 g/mol. The first-order chi connectivity index (χ1) is 12.8. The maximum atomic E-state index is 2.82. The Balaban J connectivity index is 2.14. The molecule has 1 fully saturated rings. The molecule has 2 heteroatoms. The Hall–Kier alpha value is -0.0800. The first-order valence-electron chi connectivity index (χ1n) is 12.2. The van der Waals surface area contributed by atoms with Crippen LogP contribution in [0.1, 0.15) is 110 Å². The van der Waals surface area contributed by atoms with Crippen LogP contribution in [-0.4, -0.2) is 49.6 Å². The topological polar surface area (TPSA) is 6.48 Å². The molecule has 2 nitrogen and oxygen atoms in total. The van der Waals surface area contributed by atoms with E-state index in [1.54, 1.807) is 0 Å². The molecular weight excluding hydrogens is 316 g/mol. The van der Waals surface area contributed by atoms with Gasteiger partial charge < -0.3 is 9.80 Å². The Morgan fingerprint density at radius 2 is 1.15 bits per heavy atom. The second-order valence-electron chi connectivity index (χ2n) is 8.96. The van der Waals surface area contributed by atoms with Gasteiger partial charge in [0.2, 0.25) is 0 Å². The van der Waals surface area contributed by atoms with Crippen molar-refractivity contribution < 1.29 is 0 Å². The van der Waals surface area contributed by atoms with E-state index < -0.39 is 0 Å². The third-order valence-electron chi connectivity index (χ3n) is 6.16. The molecular formula is C24H50N2. The fourth-order valence-electron chi connectivity index (χ4n) is 4.42. The lowest BCUT2D eigenvalue weighted by molar-refractivity contribution is 0.221. The van der Waals surface area contributed by atoms with Crippen molar-refractivity contribution in [3.63, 3.8) is 0 Å². The summed E-state index contributed by atoms with van der Waals surface area (Å²) in [5, 5.41) is 0. The second-order valence-corrected chi connectivity index (χ2v) is 8.96. The van der Waals surface area contributed by atoms with Crippen molar-refractivity contribution in [2.24, 2.45) is 5.92 Å². The predicted molar refractivity (Wildman–Crippen MR) is 118 cm³/mol. The zero-order chi connectivity index (χ0) is 18.9. The van der Waals surface area contributed by atoms with Gasteiger partial charge in [-0.1, -0.05) is 90.9 Å². The van der Waals surface area contributed by atoms with Crippen LogP contribution in [0.3, 0.4) is 0 Å². The van der Waals surface area contributed by atoms with Gasteiger partial charge in [0.05, 0.1) is 0 Å². The molecule has 1 aliphatic rings. The van der Waals surface area contributed by atoms with Gasteiger partial charge >= 0.3 is 0 Å². The van der Waals surface area contributed by atoms with Gasteiger partial charge in [0.15, 0.2) is 0 Å². The second kappa shape index (κ2) is 17.0. The van der Waals surface area contributed by atoms with Crippen molar-refractivity contribution in [3.05, 3.63) is 0 Å². The largest absolute Gasteiger partial charge is 0.306 e. The van der Waals surface area contributed by atoms with Crippen LogP contribution in [0.25, 0.3) is 0 Å². The highest BCUT2D eigenvalue weighted by Gasteiger charge is 2.21. The molecule has 0 spiro atoms. The number of hydrogen-bond acceptors (Lipinski definition) is 2. The molecule has 0 aromatic carbocycles. The van der Waals surface area contributed by atoms with E-state index in [2.05, 4.69) is 30.7 Å². The summed E-state index contributed by atoms with van der Waals surface area (Å²) >= 11 is 0. The van der Waals surface area contributed by atoms with Crippen LogP contribution in [0.2, 0.25) is 0 Å². The maximum absolute atomic E-state index is 2.82. The minimum absolute atomic E-state index is 0.925. The highest BCUT2D eigenvalue weighted by Crippen LogP contribution is 2.17. The number of likely N-dealkylation sites (tertiary alicyclic amines) is 1. The fraction of sp³-hybridized carbons (Fsp3) is 1.00. The molecule has 0 N–H and O–H groups in total. The Morgan fingerprint density at radius 1 is 0.692 bits per heavy atom. The van der Waals surface area contributed by atoms with Gasteiger partial charge in [-0.25, -0.2) is 0 Å². The summed E-state index contributed by atoms with van der Waals surface area (Å²) in [4.78, 5) is 5.34. The summed E-state index contributed by atoms with van der Waals surface area (Å²) in [6, 6.07) is 0. The van der Waals surface area contributed by atoms with Gasteiger partial charge in [0, 0.05) is 13.1 Å². The number of hydrogen-bond donors (Lipinski definition) is 0. The molecule has 0 aliphatic carbocycles. The summed E-state index contributed by atoms with van der Waals surface area (Å²) in [6.07, 6.45) is 21.5. The van der Waals surface area contributed by atoms with Gasteiger partial charge in [-0.15, -0.1) is 0 Å². The molecule has 0 radical (unpaired) electrons. The van der Waals surface area contributed by atoms with Crippen LogP contribution in [0.5, 0.6) is 0 Å². The Kier molecular flexibility index (Phi) is 15.7. The number of nitrogens with zero attached hydrogens (tertiary/aromatic N) is 2. The molecule has 1 saturated heterocycles. The van der Waals surface area contributed by atoms with Crippen molar-refractivity contribution in [2.45, 2.75) is 110 Å². The average Bonchev–Trinajstić information content (AvgIpc) is 3.04. The standard InChI is InChI=1S/C24H50N2/c1-4-6-8-10-12-14-16-19-26(23-24-18-21-25(3)22-24)20-17-15-13-11-9-7-5-2/h24H,4-23H2,1-3H3. The molecule has 0 saturated carbocycles. The summed E-state index contributed by atoms with van der Waals surface area (Å²) in [5.74, 6) is 0.925. The Morgan fingerprint density at radius 3 is 1.58 bits per heavy atom. The molecule has 0 aromatic rings. The Labute approximate surface area is 166 Å². The summed E-state index contributed by atoms with van der Waals surface area (Å²) in [7, 11) is 2.29. The number of unbranched alkanes of at least 4 members (excludes halogenated alkanes) is 12. The van der Waals surface area contributed by atoms with E-state index in [9.17, 15) is 0 Å². The van der Waals surface area contributed by atoms with Crippen molar-refractivity contribution in [2.75, 3.05) is 39.8 Å². The lowest BCUT2D eigenvalue weighted by Gasteiger charge is -2.25. The van der Waals surface area contributed by atoms with Crippen LogP contribution in [0.4, 0.5) is 0 Å². The van der Waals surface area contributed by atoms with Gasteiger partial charge in [-0.05, 0) is 51.9 Å². The zero-order valence-corrected chi connectivity index (χ0v) is 18.6. The van der Waals surface area contributed by atoms with Gasteiger partial charge in [0.1, 0.15) is 0 Å². The van der Waals surface area contributed by atoms with E-state index in [0.29, 0.717) is 0 Å². The smallest absolute Gasteiger partial charge is 0.00224 e. The van der Waals surface area contributed by atoms with Crippen molar-refractivity contribution in [1.82, 2.24) is 9.80 Å². The first-order valence-corrected chi connectivity index (χ1v) is 12.2. The fourth-order valence-corrected chi connectivity index (χ4v) is 4.42. The predicted octanol–water partition coefficient (Wildman–Crippen LogP) is 6.74. The van der Waals surface area contributed by atoms with Crippen molar-refractivity contribution >= 4 is 0 Å². The maximum Gasteiger partial charge on any atom is 0.00224 e. The van der Waals surface area contributed by atoms with E-state index in [-0.39, 0.29) is 0 Å². The van der Waals surface area contributed by atoms with Crippen molar-refractivity contribution in [1.29, 1.82) is 0 Å². The molecule has 0 amide bonds. The van der Waals surface area contributed by atoms with Crippen LogP contribution >= 0.6 is 0 Å². The van der Waals surface area contributed by atoms with Crippen LogP contribution in [-0.2, 0) is 0 Å². The summed E-state index contributed by atoms with van der Waals surface area (Å²) in [5.41, 5.74) is 0. The molecule has 1 heterocycles. The van der Waals surface area contributed by atoms with E-state index in [1.165, 1.54) is 129 Å². The number of rotatable bonds is 18. The molecule has 156 valence electrons. The van der Waals surface area contributed by atoms with Gasteiger partial charge in [-0.3, -0.25) is 0 Å². The third-order valence-corrected chi connectivity index (χ3v) is 6.16. The first kappa shape index (κ1) is 24.0. The lowest BCUT2D eigenvalue weighted by atomic mass is 10.1. The molecule has 1 aliphatic heterocycles. The van der Waals surface area contributed by atoms with Gasteiger partial charge in [-0.2, -0.15) is 0 Å². The molecule has 1 rings (SSSR count). The highest BCUT2D eigenvalue weighted by atomic mass is 15.2. The molecule has 1 atom stereocenters. The van der Waals surface area contributed by atoms with E-state index >= 15 is 0 Å². The molecule has 26 heavy (non-hydrogen) atoms. The van der Waals surface area contributed by atoms with Crippen LogP contribution < -0.4 is 0 Å². The summed E-state index contributed by atoms with van der Waals surface area (Å²) < 4.78 is 0. The van der Waals surface area contributed by atoms with Crippen molar-refractivity contribution in [3.8, 4) is 0 Å². The highest BCUT2D eigenvalue weighted by molar-refractivity contribution is 4.76. The SMILES string of the molecule is CCCCCCCCCN(CCCCCCCCC)CC1CCN(C)C1. The van der Waals surface area contributed by atoms with Crippen LogP contribution in [0, 0.1) is 5.92 Å². The molecule has 0 bridgehead atoms. The van der Waals surface area contributed by atoms with E-state index in [1.807, 2.05) is 0 Å². The minimum Gasteiger partial charge on any atom is -0.306 e. The van der Waals surface area contributed by atoms with E-state index in [4.69, 9.17) is 0 Å². The van der Waals surface area contributed by atoms with Crippen LogP contribution in [0.15, 0.2) is 0 Å². The minimum atomic E-state index is 0.925.